The largest absolute Gasteiger partial charge is 0.497 e. The molecular weight excluding hydrogens is 316 g/mol. The Balaban J connectivity index is 2.05. The fourth-order valence-corrected chi connectivity index (χ4v) is 3.07. The third kappa shape index (κ3) is 3.39. The van der Waals surface area contributed by atoms with Crippen molar-refractivity contribution in [1.82, 2.24) is 14.5 Å². The Morgan fingerprint density at radius 1 is 1.16 bits per heavy atom. The highest BCUT2D eigenvalue weighted by molar-refractivity contribution is 5.59. The summed E-state index contributed by atoms with van der Waals surface area (Å²) >= 11 is 0. The highest BCUT2D eigenvalue weighted by atomic mass is 16.5. The highest BCUT2D eigenvalue weighted by Gasteiger charge is 2.26. The van der Waals surface area contributed by atoms with Crippen LogP contribution in [0.1, 0.15) is 31.0 Å². The summed E-state index contributed by atoms with van der Waals surface area (Å²) in [5.41, 5.74) is 2.56. The average Bonchev–Trinajstić information content (AvgIpc) is 2.64. The van der Waals surface area contributed by atoms with Crippen LogP contribution in [0.2, 0.25) is 0 Å². The van der Waals surface area contributed by atoms with Gasteiger partial charge in [0.05, 0.1) is 20.4 Å². The number of unbranched alkanes of at least 4 members (excludes halogenated alkanes) is 1. The van der Waals surface area contributed by atoms with Crippen molar-refractivity contribution < 1.29 is 4.74 Å². The maximum absolute atomic E-state index is 12.8. The van der Waals surface area contributed by atoms with Crippen molar-refractivity contribution >= 4 is 11.6 Å². The topological polar surface area (TPSA) is 50.6 Å². The van der Waals surface area contributed by atoms with Crippen LogP contribution >= 0.6 is 0 Å². The zero-order valence-electron chi connectivity index (χ0n) is 15.5. The molecule has 6 nitrogen and oxygen atoms in total. The number of methoxy groups -OCH3 is 1. The lowest BCUT2D eigenvalue weighted by Gasteiger charge is -2.38. The van der Waals surface area contributed by atoms with Gasteiger partial charge in [-0.2, -0.15) is 0 Å². The van der Waals surface area contributed by atoms with E-state index in [9.17, 15) is 4.79 Å². The lowest BCUT2D eigenvalue weighted by atomic mass is 10.2. The maximum Gasteiger partial charge on any atom is 0.259 e. The Kier molecular flexibility index (Phi) is 5.08. The van der Waals surface area contributed by atoms with E-state index in [2.05, 4.69) is 16.7 Å². The number of hydrogen-bond acceptors (Lipinski definition) is 5. The van der Waals surface area contributed by atoms with Crippen LogP contribution in [0.25, 0.3) is 0 Å². The van der Waals surface area contributed by atoms with Crippen LogP contribution < -0.4 is 15.2 Å². The molecule has 134 valence electrons. The first-order valence-electron chi connectivity index (χ1n) is 8.77. The minimum absolute atomic E-state index is 0.0437. The van der Waals surface area contributed by atoms with Crippen LogP contribution in [-0.2, 0) is 6.67 Å². The predicted molar refractivity (Wildman–Crippen MR) is 99.6 cm³/mol. The van der Waals surface area contributed by atoms with Gasteiger partial charge in [0, 0.05) is 23.5 Å². The molecule has 3 rings (SSSR count). The quantitative estimate of drug-likeness (QED) is 0.836. The second kappa shape index (κ2) is 7.27. The number of aryl methyl sites for hydroxylation is 1. The number of nitrogens with zero attached hydrogens (tertiary/aromatic N) is 4. The Morgan fingerprint density at radius 2 is 1.88 bits per heavy atom. The molecule has 2 aromatic rings. The number of benzene rings is 1. The van der Waals surface area contributed by atoms with E-state index >= 15 is 0 Å². The first-order chi connectivity index (χ1) is 12.0. The zero-order valence-corrected chi connectivity index (χ0v) is 15.5. The number of hydrogen-bond donors (Lipinski definition) is 0. The summed E-state index contributed by atoms with van der Waals surface area (Å²) in [5, 5.41) is 0. The second-order valence-corrected chi connectivity index (χ2v) is 6.51. The van der Waals surface area contributed by atoms with Gasteiger partial charge < -0.3 is 4.74 Å². The summed E-state index contributed by atoms with van der Waals surface area (Å²) in [6.07, 6.45) is 2.24. The van der Waals surface area contributed by atoms with Gasteiger partial charge in [0.25, 0.3) is 5.56 Å². The fourth-order valence-electron chi connectivity index (χ4n) is 3.07. The Hall–Kier alpha value is -2.34. The van der Waals surface area contributed by atoms with Crippen molar-refractivity contribution in [3.8, 4) is 5.75 Å². The number of aromatic nitrogens is 2. The maximum atomic E-state index is 12.8. The van der Waals surface area contributed by atoms with Gasteiger partial charge in [-0.05, 0) is 44.5 Å². The number of fused-ring (bicyclic) bond motifs is 1. The first-order valence-corrected chi connectivity index (χ1v) is 8.77. The molecule has 1 aromatic heterocycles. The summed E-state index contributed by atoms with van der Waals surface area (Å²) in [4.78, 5) is 21.9. The van der Waals surface area contributed by atoms with Gasteiger partial charge in [-0.25, -0.2) is 4.98 Å². The minimum atomic E-state index is 0.0437. The van der Waals surface area contributed by atoms with Crippen LogP contribution in [0, 0.1) is 13.8 Å². The van der Waals surface area contributed by atoms with Gasteiger partial charge in [-0.3, -0.25) is 19.2 Å². The Labute approximate surface area is 148 Å². The number of rotatable bonds is 5. The highest BCUT2D eigenvalue weighted by Crippen LogP contribution is 2.29. The van der Waals surface area contributed by atoms with Gasteiger partial charge in [-0.1, -0.05) is 13.3 Å². The number of ether oxygens (including phenoxy) is 1. The molecule has 6 heteroatoms. The van der Waals surface area contributed by atoms with E-state index in [1.165, 1.54) is 0 Å². The van der Waals surface area contributed by atoms with Gasteiger partial charge in [0.15, 0.2) is 0 Å². The number of anilines is 2. The molecule has 25 heavy (non-hydrogen) atoms. The standard InChI is InChI=1S/C19H26N4O2/c1-5-6-11-21-12-22(16-7-9-17(25-4)10-8-16)19-20-15(3)14(2)18(24)23(19)13-21/h7-10H,5-6,11-13H2,1-4H3. The van der Waals surface area contributed by atoms with Crippen molar-refractivity contribution in [2.24, 2.45) is 0 Å². The molecule has 0 fully saturated rings. The first kappa shape index (κ1) is 17.5. The molecule has 1 aliphatic rings. The molecule has 0 atom stereocenters. The third-order valence-corrected chi connectivity index (χ3v) is 4.75. The summed E-state index contributed by atoms with van der Waals surface area (Å²) in [6.45, 7) is 8.20. The molecule has 0 radical (unpaired) electrons. The average molecular weight is 342 g/mol. The monoisotopic (exact) mass is 342 g/mol. The van der Waals surface area contributed by atoms with Gasteiger partial charge in [0.2, 0.25) is 5.95 Å². The summed E-state index contributed by atoms with van der Waals surface area (Å²) in [6, 6.07) is 7.88. The van der Waals surface area contributed by atoms with Crippen molar-refractivity contribution in [2.45, 2.75) is 40.3 Å². The van der Waals surface area contributed by atoms with Crippen molar-refractivity contribution in [3.05, 3.63) is 45.9 Å². The molecule has 0 amide bonds. The molecular formula is C19H26N4O2. The van der Waals surface area contributed by atoms with E-state index in [1.54, 1.807) is 11.7 Å². The summed E-state index contributed by atoms with van der Waals surface area (Å²) in [5.74, 6) is 1.53. The lowest BCUT2D eigenvalue weighted by molar-refractivity contribution is 0.195. The molecule has 0 bridgehead atoms. The molecule has 1 aliphatic heterocycles. The minimum Gasteiger partial charge on any atom is -0.497 e. The normalized spacial score (nSPS) is 14.5. The van der Waals surface area contributed by atoms with Crippen molar-refractivity contribution in [3.63, 3.8) is 0 Å². The van der Waals surface area contributed by atoms with Crippen LogP contribution in [0.15, 0.2) is 29.1 Å². The fraction of sp³-hybridized carbons (Fsp3) is 0.474. The van der Waals surface area contributed by atoms with E-state index in [-0.39, 0.29) is 5.56 Å². The SMILES string of the molecule is CCCCN1CN(c2ccc(OC)cc2)c2nc(C)c(C)c(=O)n2C1. The van der Waals surface area contributed by atoms with Gasteiger partial charge in [-0.15, -0.1) is 0 Å². The van der Waals surface area contributed by atoms with Gasteiger partial charge >= 0.3 is 0 Å². The Bertz CT molecular complexity index is 798. The van der Waals surface area contributed by atoms with E-state index in [1.807, 2.05) is 38.1 Å². The lowest BCUT2D eigenvalue weighted by Crippen LogP contribution is -2.48. The summed E-state index contributed by atoms with van der Waals surface area (Å²) in [7, 11) is 1.66. The molecule has 1 aromatic carbocycles. The van der Waals surface area contributed by atoms with E-state index in [4.69, 9.17) is 9.72 Å². The molecule has 2 heterocycles. The third-order valence-electron chi connectivity index (χ3n) is 4.75. The molecule has 0 unspecified atom stereocenters. The van der Waals surface area contributed by atoms with Gasteiger partial charge in [0.1, 0.15) is 5.75 Å². The Morgan fingerprint density at radius 3 is 2.52 bits per heavy atom. The molecule has 0 saturated carbocycles. The van der Waals surface area contributed by atoms with Crippen LogP contribution in [0.4, 0.5) is 11.6 Å². The van der Waals surface area contributed by atoms with Crippen LogP contribution in [0.3, 0.4) is 0 Å². The smallest absolute Gasteiger partial charge is 0.259 e. The van der Waals surface area contributed by atoms with Crippen LogP contribution in [0.5, 0.6) is 5.75 Å². The zero-order chi connectivity index (χ0) is 18.0. The van der Waals surface area contributed by atoms with Crippen molar-refractivity contribution in [1.29, 1.82) is 0 Å². The van der Waals surface area contributed by atoms with E-state index in [0.29, 0.717) is 12.6 Å². The molecule has 0 N–H and O–H groups in total. The molecule has 0 saturated heterocycles. The predicted octanol–water partition coefficient (Wildman–Crippen LogP) is 3.04. The van der Waals surface area contributed by atoms with E-state index < -0.39 is 0 Å². The van der Waals surface area contributed by atoms with Crippen molar-refractivity contribution in [2.75, 3.05) is 25.2 Å². The summed E-state index contributed by atoms with van der Waals surface area (Å²) < 4.78 is 7.04. The second-order valence-electron chi connectivity index (χ2n) is 6.51. The molecule has 0 aliphatic carbocycles. The molecule has 0 spiro atoms. The van der Waals surface area contributed by atoms with Crippen LogP contribution in [-0.4, -0.2) is 34.8 Å². The van der Waals surface area contributed by atoms with E-state index in [0.717, 1.165) is 48.7 Å².